The van der Waals surface area contributed by atoms with E-state index in [4.69, 9.17) is 4.74 Å². The number of para-hydroxylation sites is 1. The van der Waals surface area contributed by atoms with Gasteiger partial charge in [0.15, 0.2) is 11.0 Å². The number of benzene rings is 2. The second-order valence-corrected chi connectivity index (χ2v) is 8.57. The smallest absolute Gasteiger partial charge is 0.191 e. The number of hydrogen-bond acceptors (Lipinski definition) is 4. The molecule has 0 aliphatic carbocycles. The molecule has 2 aromatic carbocycles. The number of rotatable bonds is 7. The molecule has 1 N–H and O–H groups in total. The Balaban J connectivity index is 1.43. The van der Waals surface area contributed by atoms with E-state index < -0.39 is 0 Å². The Morgan fingerprint density at radius 2 is 1.97 bits per heavy atom. The molecule has 29 heavy (non-hydrogen) atoms. The first-order valence-electron chi connectivity index (χ1n) is 9.86. The molecular formula is C23H26N4OS. The number of hydrogen-bond donors (Lipinski definition) is 1. The molecule has 0 saturated heterocycles. The first-order valence-corrected chi connectivity index (χ1v) is 10.8. The molecule has 5 nitrogen and oxygen atoms in total. The summed E-state index contributed by atoms with van der Waals surface area (Å²) < 4.78 is 8.14. The maximum Gasteiger partial charge on any atom is 0.191 e. The van der Waals surface area contributed by atoms with Crippen LogP contribution in [0.2, 0.25) is 0 Å². The molecule has 0 saturated carbocycles. The zero-order valence-corrected chi connectivity index (χ0v) is 18.1. The molecule has 4 rings (SSSR count). The molecule has 6 heteroatoms. The van der Waals surface area contributed by atoms with Crippen LogP contribution in [0, 0.1) is 6.92 Å². The van der Waals surface area contributed by atoms with E-state index in [1.807, 2.05) is 29.9 Å². The molecule has 0 unspecified atom stereocenters. The minimum atomic E-state index is 0.440. The van der Waals surface area contributed by atoms with Crippen LogP contribution in [0.1, 0.15) is 30.9 Å². The third-order valence-corrected chi connectivity index (χ3v) is 6.01. The van der Waals surface area contributed by atoms with Crippen molar-refractivity contribution < 1.29 is 4.74 Å². The van der Waals surface area contributed by atoms with Crippen molar-refractivity contribution in [2.75, 3.05) is 12.4 Å². The van der Waals surface area contributed by atoms with Crippen LogP contribution in [0.3, 0.4) is 0 Å². The van der Waals surface area contributed by atoms with Crippen LogP contribution in [0.25, 0.3) is 22.3 Å². The monoisotopic (exact) mass is 406 g/mol. The Morgan fingerprint density at radius 3 is 2.79 bits per heavy atom. The molecule has 2 heterocycles. The van der Waals surface area contributed by atoms with Crippen molar-refractivity contribution in [3.05, 3.63) is 59.8 Å². The number of thioether (sulfide) groups is 1. The zero-order valence-electron chi connectivity index (χ0n) is 17.3. The first-order chi connectivity index (χ1) is 14.0. The number of fused-ring (bicyclic) bond motifs is 1. The predicted octanol–water partition coefficient (Wildman–Crippen LogP) is 5.57. The third kappa shape index (κ3) is 4.03. The van der Waals surface area contributed by atoms with Gasteiger partial charge in [0.05, 0.1) is 6.61 Å². The fraction of sp³-hybridized carbons (Fsp3) is 0.304. The average molecular weight is 407 g/mol. The van der Waals surface area contributed by atoms with Crippen molar-refractivity contribution in [3.63, 3.8) is 0 Å². The van der Waals surface area contributed by atoms with Crippen molar-refractivity contribution in [2.24, 2.45) is 7.05 Å². The molecule has 2 aromatic heterocycles. The van der Waals surface area contributed by atoms with E-state index in [0.717, 1.165) is 38.9 Å². The van der Waals surface area contributed by atoms with Crippen LogP contribution in [0.4, 0.5) is 0 Å². The van der Waals surface area contributed by atoms with Gasteiger partial charge < -0.3 is 14.3 Å². The molecule has 0 bridgehead atoms. The van der Waals surface area contributed by atoms with Crippen molar-refractivity contribution in [3.8, 4) is 17.1 Å². The highest BCUT2D eigenvalue weighted by Gasteiger charge is 2.15. The summed E-state index contributed by atoms with van der Waals surface area (Å²) in [5, 5.41) is 10.9. The lowest BCUT2D eigenvalue weighted by Crippen LogP contribution is -2.05. The maximum atomic E-state index is 6.09. The summed E-state index contributed by atoms with van der Waals surface area (Å²) in [7, 11) is 2.01. The van der Waals surface area contributed by atoms with Crippen LogP contribution in [-0.4, -0.2) is 32.1 Å². The van der Waals surface area contributed by atoms with Gasteiger partial charge in [0.2, 0.25) is 0 Å². The minimum Gasteiger partial charge on any atom is -0.492 e. The van der Waals surface area contributed by atoms with Crippen molar-refractivity contribution in [2.45, 2.75) is 31.8 Å². The average Bonchev–Trinajstić information content (AvgIpc) is 3.28. The van der Waals surface area contributed by atoms with Gasteiger partial charge in [-0.15, -0.1) is 10.2 Å². The Kier molecular flexibility index (Phi) is 5.62. The van der Waals surface area contributed by atoms with Crippen molar-refractivity contribution >= 4 is 22.7 Å². The number of aromatic nitrogens is 4. The fourth-order valence-electron chi connectivity index (χ4n) is 3.46. The summed E-state index contributed by atoms with van der Waals surface area (Å²) in [5.41, 5.74) is 4.64. The lowest BCUT2D eigenvalue weighted by molar-refractivity contribution is 0.338. The van der Waals surface area contributed by atoms with E-state index in [1.165, 1.54) is 11.1 Å². The summed E-state index contributed by atoms with van der Waals surface area (Å²) in [6.07, 6.45) is 2.00. The highest BCUT2D eigenvalue weighted by Crippen LogP contribution is 2.30. The van der Waals surface area contributed by atoms with Crippen LogP contribution in [0.15, 0.2) is 53.8 Å². The lowest BCUT2D eigenvalue weighted by atomic mass is 10.0. The molecule has 4 aromatic rings. The highest BCUT2D eigenvalue weighted by molar-refractivity contribution is 7.99. The summed E-state index contributed by atoms with van der Waals surface area (Å²) in [5.74, 6) is 3.10. The van der Waals surface area contributed by atoms with Gasteiger partial charge in [0, 0.05) is 35.5 Å². The number of nitrogens with zero attached hydrogens (tertiary/aromatic N) is 3. The summed E-state index contributed by atoms with van der Waals surface area (Å²) in [6, 6.07) is 14.7. The fourth-order valence-corrected chi connectivity index (χ4v) is 4.19. The van der Waals surface area contributed by atoms with Crippen LogP contribution in [0.5, 0.6) is 5.75 Å². The first kappa shape index (κ1) is 19.6. The van der Waals surface area contributed by atoms with Crippen LogP contribution >= 0.6 is 11.8 Å². The van der Waals surface area contributed by atoms with E-state index in [0.29, 0.717) is 12.5 Å². The molecule has 150 valence electrons. The molecule has 0 radical (unpaired) electrons. The predicted molar refractivity (Wildman–Crippen MR) is 120 cm³/mol. The van der Waals surface area contributed by atoms with Gasteiger partial charge in [-0.2, -0.15) is 0 Å². The van der Waals surface area contributed by atoms with Gasteiger partial charge >= 0.3 is 0 Å². The quantitative estimate of drug-likeness (QED) is 0.322. The summed E-state index contributed by atoms with van der Waals surface area (Å²) in [6.45, 7) is 7.11. The van der Waals surface area contributed by atoms with E-state index in [1.54, 1.807) is 11.8 Å². The van der Waals surface area contributed by atoms with Gasteiger partial charge in [0.25, 0.3) is 0 Å². The van der Waals surface area contributed by atoms with Crippen LogP contribution in [-0.2, 0) is 7.05 Å². The standard InChI is InChI=1S/C23H26N4OS/c1-15(2)17-10-9-16(3)13-21(17)28-11-12-29-23-26-25-22(27(23)4)19-14-24-20-8-6-5-7-18(19)20/h5-10,13-15,24H,11-12H2,1-4H3. The molecule has 0 atom stereocenters. The van der Waals surface area contributed by atoms with Crippen LogP contribution < -0.4 is 4.74 Å². The Labute approximate surface area is 175 Å². The lowest BCUT2D eigenvalue weighted by Gasteiger charge is -2.14. The molecular weight excluding hydrogens is 380 g/mol. The molecule has 0 aliphatic heterocycles. The molecule has 0 amide bonds. The number of aromatic amines is 1. The second kappa shape index (κ2) is 8.33. The Morgan fingerprint density at radius 1 is 1.14 bits per heavy atom. The van der Waals surface area contributed by atoms with E-state index in [9.17, 15) is 0 Å². The summed E-state index contributed by atoms with van der Waals surface area (Å²) >= 11 is 1.66. The van der Waals surface area contributed by atoms with Gasteiger partial charge in [-0.05, 0) is 36.1 Å². The van der Waals surface area contributed by atoms with E-state index >= 15 is 0 Å². The number of ether oxygens (including phenoxy) is 1. The number of H-pyrrole nitrogens is 1. The van der Waals surface area contributed by atoms with Crippen molar-refractivity contribution in [1.82, 2.24) is 19.7 Å². The normalized spacial score (nSPS) is 11.5. The van der Waals surface area contributed by atoms with Gasteiger partial charge in [-0.1, -0.05) is 55.9 Å². The van der Waals surface area contributed by atoms with E-state index in [-0.39, 0.29) is 0 Å². The number of nitrogens with one attached hydrogen (secondary N) is 1. The minimum absolute atomic E-state index is 0.440. The zero-order chi connectivity index (χ0) is 20.4. The number of aryl methyl sites for hydroxylation is 1. The molecule has 0 fully saturated rings. The van der Waals surface area contributed by atoms with Gasteiger partial charge in [-0.25, -0.2) is 0 Å². The summed E-state index contributed by atoms with van der Waals surface area (Å²) in [4.78, 5) is 3.30. The van der Waals surface area contributed by atoms with E-state index in [2.05, 4.69) is 66.3 Å². The molecule has 0 spiro atoms. The Bertz CT molecular complexity index is 1130. The maximum absolute atomic E-state index is 6.09. The SMILES string of the molecule is Cc1ccc(C(C)C)c(OCCSc2nnc(-c3c[nH]c4ccccc34)n2C)c1. The van der Waals surface area contributed by atoms with Gasteiger partial charge in [0.1, 0.15) is 5.75 Å². The second-order valence-electron chi connectivity index (χ2n) is 7.51. The third-order valence-electron chi connectivity index (χ3n) is 5.03. The Hall–Kier alpha value is -2.73. The van der Waals surface area contributed by atoms with Gasteiger partial charge in [-0.3, -0.25) is 0 Å². The largest absolute Gasteiger partial charge is 0.492 e. The topological polar surface area (TPSA) is 55.7 Å². The van der Waals surface area contributed by atoms with Crippen molar-refractivity contribution in [1.29, 1.82) is 0 Å². The highest BCUT2D eigenvalue weighted by atomic mass is 32.2. The molecule has 0 aliphatic rings.